The van der Waals surface area contributed by atoms with E-state index in [1.807, 2.05) is 0 Å². The number of aryl methyl sites for hydroxylation is 1. The summed E-state index contributed by atoms with van der Waals surface area (Å²) >= 11 is 12.5. The number of pyridine rings is 1. The van der Waals surface area contributed by atoms with Gasteiger partial charge in [-0.3, -0.25) is 23.4 Å². The summed E-state index contributed by atoms with van der Waals surface area (Å²) in [7, 11) is 3.11. The molecule has 43 heavy (non-hydrogen) atoms. The molecule has 0 radical (unpaired) electrons. The first-order chi connectivity index (χ1) is 20.6. The lowest BCUT2D eigenvalue weighted by molar-refractivity contribution is 0.0958. The first kappa shape index (κ1) is 28.5. The van der Waals surface area contributed by atoms with Crippen LogP contribution in [-0.4, -0.2) is 48.4 Å². The van der Waals surface area contributed by atoms with Crippen LogP contribution in [0.5, 0.6) is 5.75 Å². The van der Waals surface area contributed by atoms with Crippen molar-refractivity contribution in [3.63, 3.8) is 0 Å². The maximum atomic E-state index is 14.3. The second-order valence-electron chi connectivity index (χ2n) is 9.80. The number of nitrogens with zero attached hydrogens (tertiary/aromatic N) is 6. The fraction of sp³-hybridized carbons (Fsp3) is 0.214. The lowest BCUT2D eigenvalue weighted by Crippen LogP contribution is -2.41. The summed E-state index contributed by atoms with van der Waals surface area (Å²) in [6.45, 7) is -0.321. The van der Waals surface area contributed by atoms with Gasteiger partial charge in [0, 0.05) is 31.6 Å². The highest BCUT2D eigenvalue weighted by atomic mass is 35.5. The average molecular weight is 628 g/mol. The Morgan fingerprint density at radius 3 is 2.58 bits per heavy atom. The van der Waals surface area contributed by atoms with E-state index in [-0.39, 0.29) is 64.1 Å². The number of halogens is 4. The zero-order valence-electron chi connectivity index (χ0n) is 22.6. The summed E-state index contributed by atoms with van der Waals surface area (Å²) in [5.74, 6) is -2.43. The predicted molar refractivity (Wildman–Crippen MR) is 154 cm³/mol. The molecule has 1 aliphatic rings. The molecular formula is C28H21Cl2F2N7O4. The van der Waals surface area contributed by atoms with E-state index < -0.39 is 33.8 Å². The fourth-order valence-electron chi connectivity index (χ4n) is 5.11. The molecule has 1 N–H and O–H groups in total. The topological polar surface area (TPSA) is 126 Å². The molecule has 3 aromatic heterocycles. The van der Waals surface area contributed by atoms with Crippen LogP contribution in [0.25, 0.3) is 22.2 Å². The first-order valence-corrected chi connectivity index (χ1v) is 13.7. The van der Waals surface area contributed by atoms with Crippen LogP contribution in [-0.2, 0) is 26.6 Å². The standard InChI is InChI=1S/C28H21Cl2F2N7O4/c1-33-26(40)19-4-3-16(29)24(35-19)15-9-20-22(25-14(15)5-6-43-25)27(41)39(11-21-34-12-37(2)36-21)28(42)38(20)10-13-7-17(30)23(32)18(31)8-13/h3-4,7-9,12H,5-6,10-11H2,1-2H3,(H,33,40). The zero-order chi connectivity index (χ0) is 30.6. The molecule has 11 nitrogen and oxygen atoms in total. The van der Waals surface area contributed by atoms with Crippen molar-refractivity contribution in [1.82, 2.24) is 34.2 Å². The second kappa shape index (κ2) is 10.9. The molecule has 0 bridgehead atoms. The van der Waals surface area contributed by atoms with E-state index in [0.717, 1.165) is 10.6 Å². The Kier molecular flexibility index (Phi) is 7.22. The van der Waals surface area contributed by atoms with E-state index in [1.54, 1.807) is 13.1 Å². The van der Waals surface area contributed by atoms with Crippen LogP contribution in [0.2, 0.25) is 10.0 Å². The highest BCUT2D eigenvalue weighted by molar-refractivity contribution is 6.33. The SMILES string of the molecule is CNC(=O)c1ccc(Cl)c(-c2cc3c(c4c2CCO4)c(=O)n(Cc2ncn(C)n2)c(=O)n3Cc2cc(F)c(F)c(Cl)c2)n1. The number of ether oxygens (including phenoxy) is 1. The van der Waals surface area contributed by atoms with Gasteiger partial charge in [-0.15, -0.1) is 0 Å². The number of nitrogens with one attached hydrogen (secondary N) is 1. The molecule has 220 valence electrons. The van der Waals surface area contributed by atoms with Crippen LogP contribution in [0, 0.1) is 11.6 Å². The van der Waals surface area contributed by atoms with E-state index >= 15 is 0 Å². The Balaban J connectivity index is 1.67. The maximum Gasteiger partial charge on any atom is 0.332 e. The highest BCUT2D eigenvalue weighted by Gasteiger charge is 2.28. The number of fused-ring (bicyclic) bond motifs is 3. The van der Waals surface area contributed by atoms with Gasteiger partial charge in [-0.05, 0) is 35.9 Å². The van der Waals surface area contributed by atoms with E-state index in [2.05, 4.69) is 20.4 Å². The molecule has 0 unspecified atom stereocenters. The summed E-state index contributed by atoms with van der Waals surface area (Å²) in [5, 5.41) is 6.53. The Hall–Kier alpha value is -4.62. The predicted octanol–water partition coefficient (Wildman–Crippen LogP) is 3.33. The Bertz CT molecular complexity index is 2070. The Morgan fingerprint density at radius 2 is 1.88 bits per heavy atom. The van der Waals surface area contributed by atoms with Gasteiger partial charge in [-0.1, -0.05) is 23.2 Å². The van der Waals surface area contributed by atoms with Crippen LogP contribution in [0.15, 0.2) is 46.2 Å². The number of amides is 1. The minimum atomic E-state index is -1.22. The number of hydrogen-bond acceptors (Lipinski definition) is 7. The maximum absolute atomic E-state index is 14.3. The van der Waals surface area contributed by atoms with Crippen molar-refractivity contribution in [3.05, 3.63) is 102 Å². The van der Waals surface area contributed by atoms with Crippen LogP contribution in [0.3, 0.4) is 0 Å². The van der Waals surface area contributed by atoms with E-state index in [1.165, 1.54) is 40.8 Å². The molecule has 15 heteroatoms. The van der Waals surface area contributed by atoms with E-state index in [0.29, 0.717) is 17.5 Å². The van der Waals surface area contributed by atoms with Crippen LogP contribution >= 0.6 is 23.2 Å². The van der Waals surface area contributed by atoms with Gasteiger partial charge in [-0.2, -0.15) is 5.10 Å². The van der Waals surface area contributed by atoms with Crippen molar-refractivity contribution < 1.29 is 18.3 Å². The molecular weight excluding hydrogens is 607 g/mol. The number of carbonyl (C=O) groups excluding carboxylic acids is 1. The van der Waals surface area contributed by atoms with Crippen molar-refractivity contribution in [3.8, 4) is 17.0 Å². The fourth-order valence-corrected chi connectivity index (χ4v) is 5.54. The molecule has 0 atom stereocenters. The third-order valence-corrected chi connectivity index (χ3v) is 7.65. The average Bonchev–Trinajstić information content (AvgIpc) is 3.64. The zero-order valence-corrected chi connectivity index (χ0v) is 24.1. The molecule has 1 amide bonds. The number of aromatic nitrogens is 6. The molecule has 0 spiro atoms. The van der Waals surface area contributed by atoms with Gasteiger partial charge < -0.3 is 10.1 Å². The molecule has 6 rings (SSSR count). The smallest absolute Gasteiger partial charge is 0.332 e. The molecule has 4 heterocycles. The molecule has 1 aliphatic heterocycles. The van der Waals surface area contributed by atoms with Crippen molar-refractivity contribution >= 4 is 40.0 Å². The van der Waals surface area contributed by atoms with Crippen molar-refractivity contribution in [2.75, 3.05) is 13.7 Å². The second-order valence-corrected chi connectivity index (χ2v) is 10.6. The van der Waals surface area contributed by atoms with Crippen LogP contribution in [0.1, 0.15) is 27.4 Å². The summed E-state index contributed by atoms with van der Waals surface area (Å²) in [6, 6.07) is 6.68. The highest BCUT2D eigenvalue weighted by Crippen LogP contribution is 2.41. The summed E-state index contributed by atoms with van der Waals surface area (Å²) < 4.78 is 37.9. The van der Waals surface area contributed by atoms with Crippen molar-refractivity contribution in [1.29, 1.82) is 0 Å². The van der Waals surface area contributed by atoms with Gasteiger partial charge in [0.05, 0.1) is 41.0 Å². The molecule has 2 aromatic carbocycles. The normalized spacial score (nSPS) is 12.4. The lowest BCUT2D eigenvalue weighted by Gasteiger charge is -2.18. The summed E-state index contributed by atoms with van der Waals surface area (Å²) in [6.07, 6.45) is 1.82. The monoisotopic (exact) mass is 627 g/mol. The number of carbonyl (C=O) groups is 1. The lowest BCUT2D eigenvalue weighted by atomic mass is 9.98. The molecule has 0 fully saturated rings. The quantitative estimate of drug-likeness (QED) is 0.286. The van der Waals surface area contributed by atoms with Gasteiger partial charge in [0.25, 0.3) is 11.5 Å². The number of hydrogen-bond donors (Lipinski definition) is 1. The first-order valence-electron chi connectivity index (χ1n) is 12.9. The summed E-state index contributed by atoms with van der Waals surface area (Å²) in [4.78, 5) is 48.9. The minimum Gasteiger partial charge on any atom is -0.492 e. The largest absolute Gasteiger partial charge is 0.492 e. The third-order valence-electron chi connectivity index (χ3n) is 7.07. The minimum absolute atomic E-state index is 0.0824. The third kappa shape index (κ3) is 4.93. The van der Waals surface area contributed by atoms with Gasteiger partial charge >= 0.3 is 5.69 Å². The van der Waals surface area contributed by atoms with E-state index in [4.69, 9.17) is 27.9 Å². The van der Waals surface area contributed by atoms with Crippen LogP contribution in [0.4, 0.5) is 8.78 Å². The molecule has 5 aromatic rings. The van der Waals surface area contributed by atoms with Gasteiger partial charge in [0.15, 0.2) is 17.5 Å². The van der Waals surface area contributed by atoms with Crippen LogP contribution < -0.4 is 21.3 Å². The number of rotatable bonds is 6. The Morgan fingerprint density at radius 1 is 1.09 bits per heavy atom. The molecule has 0 aliphatic carbocycles. The van der Waals surface area contributed by atoms with Gasteiger partial charge in [0.1, 0.15) is 23.2 Å². The van der Waals surface area contributed by atoms with Gasteiger partial charge in [0.2, 0.25) is 0 Å². The van der Waals surface area contributed by atoms with Gasteiger partial charge in [-0.25, -0.2) is 23.5 Å². The van der Waals surface area contributed by atoms with Crippen molar-refractivity contribution in [2.45, 2.75) is 19.5 Å². The molecule has 0 saturated carbocycles. The molecule has 0 saturated heterocycles. The Labute approximate surface area is 251 Å². The van der Waals surface area contributed by atoms with E-state index in [9.17, 15) is 23.2 Å². The number of benzene rings is 2. The van der Waals surface area contributed by atoms with Crippen molar-refractivity contribution in [2.24, 2.45) is 7.05 Å². The summed E-state index contributed by atoms with van der Waals surface area (Å²) in [5.41, 5.74) is 0.245.